The zero-order valence-corrected chi connectivity index (χ0v) is 23.9. The first-order valence-corrected chi connectivity index (χ1v) is 14.2. The van der Waals surface area contributed by atoms with Crippen LogP contribution < -0.4 is 10.1 Å². The van der Waals surface area contributed by atoms with Crippen LogP contribution in [0.5, 0.6) is 5.75 Å². The maximum atomic E-state index is 13.6. The number of alkyl halides is 2. The summed E-state index contributed by atoms with van der Waals surface area (Å²) < 4.78 is 6.62. The van der Waals surface area contributed by atoms with Crippen molar-refractivity contribution < 1.29 is 19.1 Å². The summed E-state index contributed by atoms with van der Waals surface area (Å²) in [6.45, 7) is 5.30. The van der Waals surface area contributed by atoms with Gasteiger partial charge in [-0.25, -0.2) is 9.97 Å². The fraction of sp³-hybridized carbons (Fsp3) is 0.500. The molecule has 3 fully saturated rings. The van der Waals surface area contributed by atoms with Crippen LogP contribution >= 0.6 is 23.2 Å². The van der Waals surface area contributed by atoms with Crippen molar-refractivity contribution in [3.05, 3.63) is 47.7 Å². The van der Waals surface area contributed by atoms with Crippen molar-refractivity contribution in [2.75, 3.05) is 0 Å². The van der Waals surface area contributed by atoms with Gasteiger partial charge in [-0.15, -0.1) is 23.2 Å². The molecule has 3 aliphatic rings. The summed E-state index contributed by atoms with van der Waals surface area (Å²) in [7, 11) is 0. The van der Waals surface area contributed by atoms with Gasteiger partial charge in [0, 0.05) is 42.2 Å². The van der Waals surface area contributed by atoms with Gasteiger partial charge in [-0.1, -0.05) is 0 Å². The number of aryl methyl sites for hydroxylation is 1. The van der Waals surface area contributed by atoms with Gasteiger partial charge in [-0.05, 0) is 63.3 Å². The van der Waals surface area contributed by atoms with Crippen LogP contribution in [0.3, 0.4) is 0 Å². The van der Waals surface area contributed by atoms with Gasteiger partial charge in [0.15, 0.2) is 11.6 Å². The Morgan fingerprint density at radius 1 is 1.23 bits per heavy atom. The van der Waals surface area contributed by atoms with E-state index in [2.05, 4.69) is 20.4 Å². The van der Waals surface area contributed by atoms with Crippen LogP contribution in [0.4, 0.5) is 0 Å². The van der Waals surface area contributed by atoms with E-state index in [-0.39, 0.29) is 54.4 Å². The highest BCUT2D eigenvalue weighted by Crippen LogP contribution is 2.55. The van der Waals surface area contributed by atoms with E-state index in [0.717, 1.165) is 12.1 Å². The number of carbonyl (C=O) groups excluding carboxylic acids is 3. The van der Waals surface area contributed by atoms with E-state index in [0.29, 0.717) is 41.2 Å². The normalized spacial score (nSPS) is 24.9. The second-order valence-electron chi connectivity index (χ2n) is 11.1. The summed E-state index contributed by atoms with van der Waals surface area (Å²) in [4.78, 5) is 49.5. The molecule has 2 aliphatic carbocycles. The number of fused-ring (bicyclic) bond motifs is 2. The van der Waals surface area contributed by atoms with Crippen LogP contribution in [-0.2, 0) is 22.7 Å². The number of benzene rings is 1. The number of nitrogens with one attached hydrogen (secondary N) is 1. The van der Waals surface area contributed by atoms with Crippen LogP contribution in [0.15, 0.2) is 30.5 Å². The first-order chi connectivity index (χ1) is 19.0. The summed E-state index contributed by atoms with van der Waals surface area (Å²) in [6.07, 6.45) is 3.84. The van der Waals surface area contributed by atoms with E-state index < -0.39 is 10.4 Å². The fourth-order valence-electron chi connectivity index (χ4n) is 5.80. The molecule has 10 nitrogen and oxygen atoms in total. The lowest BCUT2D eigenvalue weighted by Gasteiger charge is -2.28. The maximum absolute atomic E-state index is 13.6. The Hall–Kier alpha value is -3.24. The molecular formula is C28H30Cl2N6O4. The third-order valence-electron chi connectivity index (χ3n) is 8.10. The summed E-state index contributed by atoms with van der Waals surface area (Å²) in [6, 6.07) is 6.42. The minimum absolute atomic E-state index is 0.00137. The molecule has 1 aliphatic heterocycles. The molecule has 40 heavy (non-hydrogen) atoms. The number of halogens is 2. The lowest BCUT2D eigenvalue weighted by Crippen LogP contribution is -2.51. The number of aromatic nitrogens is 4. The number of Topliss-reactive ketones (excluding diaryl/α,β-unsaturated/α-hetero) is 1. The zero-order valence-electron chi connectivity index (χ0n) is 22.4. The molecule has 1 aromatic carbocycles. The van der Waals surface area contributed by atoms with Crippen molar-refractivity contribution in [1.29, 1.82) is 0 Å². The molecule has 1 N–H and O–H groups in total. The smallest absolute Gasteiger partial charge is 0.245 e. The van der Waals surface area contributed by atoms with Gasteiger partial charge in [-0.2, -0.15) is 5.10 Å². The van der Waals surface area contributed by atoms with Gasteiger partial charge in [0.2, 0.25) is 11.8 Å². The van der Waals surface area contributed by atoms with Crippen LogP contribution in [0.2, 0.25) is 0 Å². The monoisotopic (exact) mass is 584 g/mol. The molecular weight excluding hydrogens is 555 g/mol. The number of piperidine rings is 1. The molecule has 210 valence electrons. The Kier molecular flexibility index (Phi) is 6.73. The number of carbonyl (C=O) groups is 3. The minimum Gasteiger partial charge on any atom is -0.486 e. The highest BCUT2D eigenvalue weighted by molar-refractivity contribution is 6.51. The van der Waals surface area contributed by atoms with E-state index in [1.54, 1.807) is 29.3 Å². The average molecular weight is 585 g/mol. The lowest BCUT2D eigenvalue weighted by atomic mass is 10.1. The molecule has 12 heteroatoms. The van der Waals surface area contributed by atoms with Crippen LogP contribution in [0.1, 0.15) is 55.1 Å². The average Bonchev–Trinajstić information content (AvgIpc) is 3.71. The van der Waals surface area contributed by atoms with Gasteiger partial charge in [0.1, 0.15) is 35.0 Å². The molecule has 3 heterocycles. The van der Waals surface area contributed by atoms with E-state index in [1.807, 2.05) is 19.9 Å². The minimum atomic E-state index is -0.797. The molecule has 2 amide bonds. The summed E-state index contributed by atoms with van der Waals surface area (Å²) in [5.41, 5.74) is 1.73. The summed E-state index contributed by atoms with van der Waals surface area (Å²) in [5.74, 6) is 0.800. The molecule has 0 bridgehead atoms. The number of likely N-dealkylation sites (tertiary alicyclic amines) is 1. The molecule has 2 saturated carbocycles. The van der Waals surface area contributed by atoms with Crippen molar-refractivity contribution in [3.8, 4) is 5.75 Å². The maximum Gasteiger partial charge on any atom is 0.245 e. The largest absolute Gasteiger partial charge is 0.486 e. The molecule has 3 aromatic rings. The van der Waals surface area contributed by atoms with Crippen molar-refractivity contribution in [3.63, 3.8) is 0 Å². The highest BCUT2D eigenvalue weighted by Gasteiger charge is 2.58. The third-order valence-corrected chi connectivity index (χ3v) is 8.97. The molecule has 0 spiro atoms. The number of hydrogen-bond donors (Lipinski definition) is 1. The van der Waals surface area contributed by atoms with E-state index in [9.17, 15) is 14.4 Å². The van der Waals surface area contributed by atoms with Crippen LogP contribution in [-0.4, -0.2) is 64.7 Å². The molecule has 2 aromatic heterocycles. The van der Waals surface area contributed by atoms with Crippen LogP contribution in [0.25, 0.3) is 10.9 Å². The van der Waals surface area contributed by atoms with Crippen molar-refractivity contribution in [2.45, 2.75) is 75.6 Å². The predicted octanol–water partition coefficient (Wildman–Crippen LogP) is 3.60. The standard InChI is InChI=1S/C28H30Cl2N6O4/c1-14-6-7-31-24(32-14)13-40-18-4-5-21-19(10-18)26(16(3)37)34-35(21)12-25(38)36-22-8-17(22)9-23(36)27(39)33-15(2)20-11-28(20,29)30/h4-7,10,15,17,20,22-23H,8-9,11-13H2,1-3H3,(H,33,39)/t15-,17-,20-,22-,23+/m1/s1. The number of rotatable bonds is 9. The molecule has 5 atom stereocenters. The SMILES string of the molecule is CC(=O)c1nn(CC(=O)N2[C@@H]3C[C@@H]3C[C@H]2C(=O)N[C@H](C)[C@H]2CC2(Cl)Cl)c2ccc(OCc3nccc(C)n3)cc12. The second-order valence-corrected chi connectivity index (χ2v) is 12.7. The molecule has 1 saturated heterocycles. The molecule has 0 unspecified atom stereocenters. The van der Waals surface area contributed by atoms with Gasteiger partial charge < -0.3 is 15.0 Å². The Morgan fingerprint density at radius 2 is 2.00 bits per heavy atom. The number of ether oxygens (including phenoxy) is 1. The van der Waals surface area contributed by atoms with E-state index in [1.165, 1.54) is 11.6 Å². The quantitative estimate of drug-likeness (QED) is 0.301. The lowest BCUT2D eigenvalue weighted by molar-refractivity contribution is -0.140. The van der Waals surface area contributed by atoms with Gasteiger partial charge in [-0.3, -0.25) is 19.1 Å². The van der Waals surface area contributed by atoms with Crippen LogP contribution in [0, 0.1) is 18.8 Å². The Morgan fingerprint density at radius 3 is 2.70 bits per heavy atom. The Balaban J connectivity index is 1.18. The number of hydrogen-bond acceptors (Lipinski definition) is 7. The molecule has 6 rings (SSSR count). The van der Waals surface area contributed by atoms with Crippen molar-refractivity contribution in [2.24, 2.45) is 11.8 Å². The number of amides is 2. The predicted molar refractivity (Wildman–Crippen MR) is 148 cm³/mol. The summed E-state index contributed by atoms with van der Waals surface area (Å²) >= 11 is 12.4. The third kappa shape index (κ3) is 5.14. The highest BCUT2D eigenvalue weighted by atomic mass is 35.5. The Bertz CT molecular complexity index is 1520. The van der Waals surface area contributed by atoms with Gasteiger partial charge in [0.05, 0.1) is 5.52 Å². The zero-order chi connectivity index (χ0) is 28.3. The number of ketones is 1. The number of nitrogens with zero attached hydrogens (tertiary/aromatic N) is 5. The topological polar surface area (TPSA) is 119 Å². The fourth-order valence-corrected chi connectivity index (χ4v) is 6.51. The first kappa shape index (κ1) is 27.0. The van der Waals surface area contributed by atoms with E-state index in [4.69, 9.17) is 27.9 Å². The van der Waals surface area contributed by atoms with Crippen molar-refractivity contribution >= 4 is 51.7 Å². The van der Waals surface area contributed by atoms with Crippen molar-refractivity contribution in [1.82, 2.24) is 30.0 Å². The summed E-state index contributed by atoms with van der Waals surface area (Å²) in [5, 5.41) is 8.09. The van der Waals surface area contributed by atoms with E-state index >= 15 is 0 Å². The van der Waals surface area contributed by atoms with Gasteiger partial charge >= 0.3 is 0 Å². The molecule has 0 radical (unpaired) electrons. The first-order valence-electron chi connectivity index (χ1n) is 13.4. The van der Waals surface area contributed by atoms with Gasteiger partial charge in [0.25, 0.3) is 0 Å². The Labute approximate surface area is 241 Å². The second kappa shape index (κ2) is 9.99.